The van der Waals surface area contributed by atoms with Crippen LogP contribution in [0.1, 0.15) is 23.6 Å². The molecule has 3 aromatic carbocycles. The van der Waals surface area contributed by atoms with Gasteiger partial charge in [0.05, 0.1) is 52.4 Å². The monoisotopic (exact) mass is 820 g/mol. The Labute approximate surface area is 350 Å². The first-order valence-electron chi connectivity index (χ1n) is 20.0. The number of benzene rings is 3. The van der Waals surface area contributed by atoms with Crippen LogP contribution in [0.3, 0.4) is 0 Å². The summed E-state index contributed by atoms with van der Waals surface area (Å²) in [5.74, 6) is 0. The van der Waals surface area contributed by atoms with Crippen molar-refractivity contribution in [3.63, 3.8) is 0 Å². The van der Waals surface area contributed by atoms with Crippen molar-refractivity contribution in [2.24, 2.45) is 0 Å². The van der Waals surface area contributed by atoms with E-state index in [-0.39, 0.29) is 49.4 Å². The molecule has 0 aromatic heterocycles. The van der Waals surface area contributed by atoms with Gasteiger partial charge in [-0.1, -0.05) is 91.0 Å². The molecule has 3 aromatic rings. The molecule has 0 spiro atoms. The number of halogens is 3. The van der Waals surface area contributed by atoms with Crippen LogP contribution in [0.4, 0.5) is 0 Å². The van der Waals surface area contributed by atoms with E-state index < -0.39 is 6.10 Å². The molecular weight excluding hydrogens is 755 g/mol. The molecule has 3 atom stereocenters. The quantitative estimate of drug-likeness (QED) is 0.125. The molecule has 6 rings (SSSR count). The van der Waals surface area contributed by atoms with E-state index in [2.05, 4.69) is 113 Å². The van der Waals surface area contributed by atoms with Crippen molar-refractivity contribution >= 4 is 0 Å². The molecule has 0 bridgehead atoms. The maximum Gasteiger partial charge on any atom is 0.116 e. The number of rotatable bonds is 16. The molecule has 3 fully saturated rings. The normalized spacial score (nSPS) is 21.5. The Hall–Kier alpha value is -1.83. The molecule has 3 unspecified atom stereocenters. The summed E-state index contributed by atoms with van der Waals surface area (Å²) < 4.78 is 2.83. The van der Waals surface area contributed by atoms with Crippen LogP contribution < -0.4 is 37.2 Å². The Kier molecular flexibility index (Phi) is 19.3. The molecule has 0 amide bonds. The molecule has 12 heteroatoms. The summed E-state index contributed by atoms with van der Waals surface area (Å²) in [5, 5.41) is 33.3. The van der Waals surface area contributed by atoms with Gasteiger partial charge in [-0.15, -0.1) is 0 Å². The van der Waals surface area contributed by atoms with Gasteiger partial charge in [-0.3, -0.25) is 14.7 Å². The Balaban J connectivity index is 0.00000271. The van der Waals surface area contributed by atoms with Crippen molar-refractivity contribution in [3.8, 4) is 0 Å². The summed E-state index contributed by atoms with van der Waals surface area (Å²) in [7, 11) is 2.38. The number of nitrogens with zero attached hydrogens (tertiary/aromatic N) is 6. The molecule has 55 heavy (non-hydrogen) atoms. The smallest absolute Gasteiger partial charge is 0.116 e. The van der Waals surface area contributed by atoms with Crippen LogP contribution in [0.5, 0.6) is 0 Å². The van der Waals surface area contributed by atoms with Crippen molar-refractivity contribution in [1.82, 2.24) is 14.7 Å². The Bertz CT molecular complexity index is 1470. The van der Waals surface area contributed by atoms with Gasteiger partial charge in [0.15, 0.2) is 0 Å². The number of likely N-dealkylation sites (N-methyl/N-ethyl adjacent to an activating group) is 1. The van der Waals surface area contributed by atoms with Crippen molar-refractivity contribution in [2.75, 3.05) is 118 Å². The van der Waals surface area contributed by atoms with E-state index >= 15 is 0 Å². The third-order valence-corrected chi connectivity index (χ3v) is 12.3. The van der Waals surface area contributed by atoms with Crippen molar-refractivity contribution in [3.05, 3.63) is 108 Å². The van der Waals surface area contributed by atoms with Gasteiger partial charge in [0.25, 0.3) is 0 Å². The highest BCUT2D eigenvalue weighted by atomic mass is 35.5. The largest absolute Gasteiger partial charge is 1.00 e. The third kappa shape index (κ3) is 14.5. The second-order valence-electron chi connectivity index (χ2n) is 17.0. The summed E-state index contributed by atoms with van der Waals surface area (Å²) in [6.07, 6.45) is -1.10. The fraction of sp³-hybridized carbons (Fsp3) is 0.581. The lowest BCUT2D eigenvalue weighted by atomic mass is 10.1. The Morgan fingerprint density at radius 3 is 1.13 bits per heavy atom. The highest BCUT2D eigenvalue weighted by Gasteiger charge is 2.39. The lowest BCUT2D eigenvalue weighted by molar-refractivity contribution is -0.949. The van der Waals surface area contributed by atoms with E-state index in [9.17, 15) is 15.3 Å². The predicted octanol–water partition coefficient (Wildman–Crippen LogP) is -6.27. The van der Waals surface area contributed by atoms with Crippen LogP contribution in [0, 0.1) is 0 Å². The Morgan fingerprint density at radius 1 is 0.473 bits per heavy atom. The first-order chi connectivity index (χ1) is 25.1. The summed E-state index contributed by atoms with van der Waals surface area (Å²) >= 11 is 0. The third-order valence-electron chi connectivity index (χ3n) is 12.3. The molecule has 0 aliphatic carbocycles. The van der Waals surface area contributed by atoms with Gasteiger partial charge in [0, 0.05) is 75.6 Å². The summed E-state index contributed by atoms with van der Waals surface area (Å²) in [6.45, 7) is 20.3. The highest BCUT2D eigenvalue weighted by Crippen LogP contribution is 2.24. The van der Waals surface area contributed by atoms with Gasteiger partial charge >= 0.3 is 0 Å². The standard InChI is InChI=1S/C43H67N6O3.3ClH/c1-38(50)30-44-20-26-48(27-21-44,34-40-14-8-4-9-15-40)37-43(52)32-46-22-28-49(29-23-46,35-41-16-10-5-11-17-41)36-42(51)31-45-18-24-47(2,25-19-45)33-39-12-6-3-7-13-39;;;/h3-17,38,42-43,50-52H,18-37H2,1-2H3;3*1H/q+3;;;/p-3. The van der Waals surface area contributed by atoms with E-state index in [1.165, 1.54) is 16.7 Å². The number of piperazine rings is 3. The van der Waals surface area contributed by atoms with Crippen molar-refractivity contribution < 1.29 is 66.0 Å². The van der Waals surface area contributed by atoms with Gasteiger partial charge in [-0.25, -0.2) is 0 Å². The van der Waals surface area contributed by atoms with Gasteiger partial charge in [0.2, 0.25) is 0 Å². The van der Waals surface area contributed by atoms with Crippen LogP contribution >= 0.6 is 0 Å². The molecule has 3 heterocycles. The fourth-order valence-corrected chi connectivity index (χ4v) is 9.31. The molecule has 3 saturated heterocycles. The summed E-state index contributed by atoms with van der Waals surface area (Å²) in [4.78, 5) is 7.33. The zero-order chi connectivity index (χ0) is 36.4. The van der Waals surface area contributed by atoms with Crippen LogP contribution in [-0.2, 0) is 19.6 Å². The summed E-state index contributed by atoms with van der Waals surface area (Å²) in [6, 6.07) is 32.4. The fourth-order valence-electron chi connectivity index (χ4n) is 9.31. The number of hydrogen-bond acceptors (Lipinski definition) is 6. The van der Waals surface area contributed by atoms with E-state index in [0.717, 1.165) is 131 Å². The SMILES string of the molecule is CC(O)CN1CC[N+](Cc2ccccc2)(CC(O)CN2CC[N+](Cc3ccccc3)(CC(O)CN3CC[N+](C)(Cc4ccccc4)CC3)CC2)CC1.[Cl-].[Cl-].[Cl-]. The zero-order valence-corrected chi connectivity index (χ0v) is 35.5. The number of aliphatic hydroxyl groups is 3. The van der Waals surface area contributed by atoms with Gasteiger partial charge in [0.1, 0.15) is 44.9 Å². The van der Waals surface area contributed by atoms with Gasteiger partial charge in [-0.05, 0) is 6.92 Å². The number of aliphatic hydroxyl groups excluding tert-OH is 3. The molecular formula is C43H67Cl3N6O3. The van der Waals surface area contributed by atoms with Crippen LogP contribution in [0.2, 0.25) is 0 Å². The average Bonchev–Trinajstić information content (AvgIpc) is 3.12. The minimum atomic E-state index is -0.406. The molecule has 3 aliphatic heterocycles. The maximum atomic E-state index is 11.7. The molecule has 0 saturated carbocycles. The van der Waals surface area contributed by atoms with Crippen LogP contribution in [0.15, 0.2) is 91.0 Å². The summed E-state index contributed by atoms with van der Waals surface area (Å²) in [5.41, 5.74) is 4.05. The van der Waals surface area contributed by atoms with Crippen molar-refractivity contribution in [2.45, 2.75) is 44.9 Å². The second kappa shape index (κ2) is 22.4. The van der Waals surface area contributed by atoms with Gasteiger partial charge < -0.3 is 66.0 Å². The topological polar surface area (TPSA) is 70.4 Å². The van der Waals surface area contributed by atoms with E-state index in [1.807, 2.05) is 6.92 Å². The van der Waals surface area contributed by atoms with Crippen LogP contribution in [0.25, 0.3) is 0 Å². The molecule has 9 nitrogen and oxygen atoms in total. The first-order valence-corrected chi connectivity index (χ1v) is 20.0. The van der Waals surface area contributed by atoms with Gasteiger partial charge in [-0.2, -0.15) is 0 Å². The molecule has 3 N–H and O–H groups in total. The van der Waals surface area contributed by atoms with E-state index in [0.29, 0.717) is 13.1 Å². The number of β-amino-alcohol motifs (C(OH)–C–C–N with tert-alkyl or cyclic N) is 3. The zero-order valence-electron chi connectivity index (χ0n) is 33.2. The van der Waals surface area contributed by atoms with E-state index in [1.54, 1.807) is 0 Å². The molecule has 0 radical (unpaired) electrons. The second-order valence-corrected chi connectivity index (χ2v) is 17.0. The maximum absolute atomic E-state index is 11.7. The predicted molar refractivity (Wildman–Crippen MR) is 209 cm³/mol. The number of quaternary nitrogens is 3. The molecule has 3 aliphatic rings. The first kappa shape index (κ1) is 47.5. The highest BCUT2D eigenvalue weighted by molar-refractivity contribution is 5.15. The minimum absolute atomic E-state index is 0. The average molecular weight is 822 g/mol. The lowest BCUT2D eigenvalue weighted by Crippen LogP contribution is -3.00. The Morgan fingerprint density at radius 2 is 0.782 bits per heavy atom. The number of hydrogen-bond donors (Lipinski definition) is 3. The van der Waals surface area contributed by atoms with E-state index in [4.69, 9.17) is 0 Å². The van der Waals surface area contributed by atoms with Crippen molar-refractivity contribution in [1.29, 1.82) is 0 Å². The lowest BCUT2D eigenvalue weighted by Gasteiger charge is -2.48. The minimum Gasteiger partial charge on any atom is -1.00 e. The van der Waals surface area contributed by atoms with Crippen LogP contribution in [-0.4, -0.2) is 180 Å². The molecule has 308 valence electrons.